The van der Waals surface area contributed by atoms with Crippen LogP contribution < -0.4 is 5.32 Å². The van der Waals surface area contributed by atoms with Crippen LogP contribution in [0.15, 0.2) is 72.8 Å². The highest BCUT2D eigenvalue weighted by atomic mass is 19.4. The molecule has 0 spiro atoms. The Labute approximate surface area is 214 Å². The number of carboxylic acids is 1. The van der Waals surface area contributed by atoms with Crippen molar-refractivity contribution >= 4 is 11.9 Å². The SMILES string of the molecule is O=C(O)CCNC(=O)c1ccc(CN(Cc2ccc(C(F)(F)F)cc2)Cc2ccc(C(F)(F)F)cc2)cc1. The van der Waals surface area contributed by atoms with Crippen molar-refractivity contribution in [2.24, 2.45) is 0 Å². The first-order chi connectivity index (χ1) is 17.8. The number of benzene rings is 3. The largest absolute Gasteiger partial charge is 0.481 e. The second-order valence-electron chi connectivity index (χ2n) is 8.63. The lowest BCUT2D eigenvalue weighted by Gasteiger charge is -2.23. The van der Waals surface area contributed by atoms with Crippen molar-refractivity contribution in [1.29, 1.82) is 0 Å². The van der Waals surface area contributed by atoms with E-state index in [0.717, 1.165) is 29.8 Å². The van der Waals surface area contributed by atoms with Crippen molar-refractivity contribution in [3.05, 3.63) is 106 Å². The maximum atomic E-state index is 12.9. The van der Waals surface area contributed by atoms with Crippen LogP contribution in [0.5, 0.6) is 0 Å². The highest BCUT2D eigenvalue weighted by Crippen LogP contribution is 2.30. The minimum Gasteiger partial charge on any atom is -0.481 e. The smallest absolute Gasteiger partial charge is 0.416 e. The Morgan fingerprint density at radius 1 is 0.658 bits per heavy atom. The zero-order chi connectivity index (χ0) is 27.9. The van der Waals surface area contributed by atoms with E-state index in [0.29, 0.717) is 23.2 Å². The molecule has 38 heavy (non-hydrogen) atoms. The van der Waals surface area contributed by atoms with Crippen LogP contribution >= 0.6 is 0 Å². The lowest BCUT2D eigenvalue weighted by Crippen LogP contribution is -2.26. The molecule has 0 saturated heterocycles. The van der Waals surface area contributed by atoms with E-state index in [1.54, 1.807) is 24.3 Å². The van der Waals surface area contributed by atoms with E-state index in [1.165, 1.54) is 24.3 Å². The molecule has 0 bridgehead atoms. The van der Waals surface area contributed by atoms with Crippen LogP contribution in [0.2, 0.25) is 0 Å². The maximum Gasteiger partial charge on any atom is 0.416 e. The molecule has 3 rings (SSSR count). The number of hydrogen-bond acceptors (Lipinski definition) is 3. The molecule has 0 fully saturated rings. The fraction of sp³-hybridized carbons (Fsp3) is 0.259. The van der Waals surface area contributed by atoms with Gasteiger partial charge < -0.3 is 10.4 Å². The number of carbonyl (C=O) groups excluding carboxylic acids is 1. The molecule has 0 aliphatic rings. The molecule has 0 saturated carbocycles. The summed E-state index contributed by atoms with van der Waals surface area (Å²) in [5.74, 6) is -1.48. The molecule has 0 heterocycles. The highest BCUT2D eigenvalue weighted by Gasteiger charge is 2.31. The van der Waals surface area contributed by atoms with Crippen molar-refractivity contribution in [3.8, 4) is 0 Å². The topological polar surface area (TPSA) is 69.6 Å². The molecule has 11 heteroatoms. The van der Waals surface area contributed by atoms with Gasteiger partial charge in [0.2, 0.25) is 0 Å². The molecule has 0 aliphatic carbocycles. The Morgan fingerprint density at radius 3 is 1.37 bits per heavy atom. The molecule has 0 radical (unpaired) electrons. The number of nitrogens with zero attached hydrogens (tertiary/aromatic N) is 1. The number of carboxylic acid groups (broad SMARTS) is 1. The quantitative estimate of drug-likeness (QED) is 0.305. The second-order valence-corrected chi connectivity index (χ2v) is 8.63. The lowest BCUT2D eigenvalue weighted by atomic mass is 10.1. The molecule has 3 aromatic rings. The molecular weight excluding hydrogens is 514 g/mol. The summed E-state index contributed by atoms with van der Waals surface area (Å²) in [6.45, 7) is 0.708. The van der Waals surface area contributed by atoms with Crippen LogP contribution in [0.1, 0.15) is 44.6 Å². The van der Waals surface area contributed by atoms with Gasteiger partial charge in [-0.1, -0.05) is 36.4 Å². The van der Waals surface area contributed by atoms with Gasteiger partial charge in [-0.15, -0.1) is 0 Å². The average molecular weight is 538 g/mol. The first kappa shape index (κ1) is 28.7. The molecule has 0 unspecified atom stereocenters. The molecule has 202 valence electrons. The average Bonchev–Trinajstić information content (AvgIpc) is 2.84. The van der Waals surface area contributed by atoms with E-state index in [4.69, 9.17) is 5.11 Å². The molecule has 5 nitrogen and oxygen atoms in total. The Hall–Kier alpha value is -3.86. The Kier molecular flexibility index (Phi) is 9.16. The summed E-state index contributed by atoms with van der Waals surface area (Å²) < 4.78 is 77.5. The highest BCUT2D eigenvalue weighted by molar-refractivity contribution is 5.94. The number of hydrogen-bond donors (Lipinski definition) is 2. The zero-order valence-electron chi connectivity index (χ0n) is 19.9. The third-order valence-corrected chi connectivity index (χ3v) is 5.62. The van der Waals surface area contributed by atoms with Gasteiger partial charge in [-0.05, 0) is 53.1 Å². The van der Waals surface area contributed by atoms with Crippen LogP contribution in [0.3, 0.4) is 0 Å². The van der Waals surface area contributed by atoms with Gasteiger partial charge in [-0.3, -0.25) is 14.5 Å². The maximum absolute atomic E-state index is 12.9. The minimum absolute atomic E-state index is 0.0239. The minimum atomic E-state index is -4.47. The Bertz CT molecular complexity index is 1160. The van der Waals surface area contributed by atoms with Crippen molar-refractivity contribution < 1.29 is 41.0 Å². The first-order valence-electron chi connectivity index (χ1n) is 11.4. The van der Waals surface area contributed by atoms with Crippen molar-refractivity contribution in [3.63, 3.8) is 0 Å². The summed E-state index contributed by atoms with van der Waals surface area (Å²) in [6.07, 6.45) is -9.16. The summed E-state index contributed by atoms with van der Waals surface area (Å²) in [5, 5.41) is 11.2. The van der Waals surface area contributed by atoms with Gasteiger partial charge in [0.25, 0.3) is 5.91 Å². The van der Waals surface area contributed by atoms with Crippen LogP contribution in [-0.4, -0.2) is 28.4 Å². The van der Waals surface area contributed by atoms with E-state index < -0.39 is 35.4 Å². The first-order valence-corrected chi connectivity index (χ1v) is 11.4. The summed E-state index contributed by atoms with van der Waals surface area (Å²) in [6, 6.07) is 15.8. The summed E-state index contributed by atoms with van der Waals surface area (Å²) in [7, 11) is 0. The van der Waals surface area contributed by atoms with Gasteiger partial charge in [0.15, 0.2) is 0 Å². The second kappa shape index (κ2) is 12.1. The van der Waals surface area contributed by atoms with E-state index in [-0.39, 0.29) is 26.1 Å². The van der Waals surface area contributed by atoms with Crippen molar-refractivity contribution in [1.82, 2.24) is 10.2 Å². The molecule has 3 aromatic carbocycles. The molecule has 0 atom stereocenters. The van der Waals surface area contributed by atoms with E-state index in [2.05, 4.69) is 5.32 Å². The fourth-order valence-electron chi connectivity index (χ4n) is 3.69. The van der Waals surface area contributed by atoms with Crippen LogP contribution in [0.25, 0.3) is 0 Å². The molecular formula is C27H24F6N2O3. The standard InChI is InChI=1S/C27H24F6N2O3/c28-26(29,30)22-9-3-19(4-10-22)16-35(17-20-5-11-23(12-6-20)27(31,32)33)15-18-1-7-21(8-2-18)25(38)34-14-13-24(36)37/h1-12H,13-17H2,(H,34,38)(H,36,37). The molecule has 2 N–H and O–H groups in total. The van der Waals surface area contributed by atoms with Crippen LogP contribution in [0, 0.1) is 0 Å². The number of nitrogens with one attached hydrogen (secondary N) is 1. The zero-order valence-corrected chi connectivity index (χ0v) is 19.9. The molecule has 1 amide bonds. The van der Waals surface area contributed by atoms with E-state index in [9.17, 15) is 35.9 Å². The number of aliphatic carboxylic acids is 1. The van der Waals surface area contributed by atoms with Gasteiger partial charge in [0.05, 0.1) is 17.5 Å². The van der Waals surface area contributed by atoms with Gasteiger partial charge >= 0.3 is 18.3 Å². The molecule has 0 aliphatic heterocycles. The van der Waals surface area contributed by atoms with Gasteiger partial charge in [-0.2, -0.15) is 26.3 Å². The normalized spacial score (nSPS) is 12.0. The number of carbonyl (C=O) groups is 2. The number of halogens is 6. The lowest BCUT2D eigenvalue weighted by molar-refractivity contribution is -0.138. The summed E-state index contributed by atoms with van der Waals surface area (Å²) in [5.41, 5.74) is 0.668. The third kappa shape index (κ3) is 8.62. The van der Waals surface area contributed by atoms with Gasteiger partial charge in [0.1, 0.15) is 0 Å². The third-order valence-electron chi connectivity index (χ3n) is 5.62. The van der Waals surface area contributed by atoms with Crippen LogP contribution in [0.4, 0.5) is 26.3 Å². The predicted octanol–water partition coefficient (Wildman–Crippen LogP) is 6.13. The van der Waals surface area contributed by atoms with Crippen LogP contribution in [-0.2, 0) is 36.8 Å². The summed E-state index contributed by atoms with van der Waals surface area (Å²) in [4.78, 5) is 24.6. The number of amides is 1. The van der Waals surface area contributed by atoms with E-state index >= 15 is 0 Å². The van der Waals surface area contributed by atoms with Gasteiger partial charge in [0, 0.05) is 31.7 Å². The van der Waals surface area contributed by atoms with Gasteiger partial charge in [-0.25, -0.2) is 0 Å². The molecule has 0 aromatic heterocycles. The monoisotopic (exact) mass is 538 g/mol. The Morgan fingerprint density at radius 2 is 1.03 bits per heavy atom. The Balaban J connectivity index is 1.75. The predicted molar refractivity (Wildman–Crippen MR) is 127 cm³/mol. The van der Waals surface area contributed by atoms with E-state index in [1.807, 2.05) is 4.90 Å². The summed E-state index contributed by atoms with van der Waals surface area (Å²) >= 11 is 0. The number of rotatable bonds is 10. The van der Waals surface area contributed by atoms with Crippen molar-refractivity contribution in [2.75, 3.05) is 6.54 Å². The fourth-order valence-corrected chi connectivity index (χ4v) is 3.69. The number of alkyl halides is 6. The van der Waals surface area contributed by atoms with Crippen molar-refractivity contribution in [2.45, 2.75) is 38.4 Å².